The van der Waals surface area contributed by atoms with E-state index in [-0.39, 0.29) is 11.3 Å². The first-order valence-electron chi connectivity index (χ1n) is 16.3. The molecular formula is C31H42F2O12S. The van der Waals surface area contributed by atoms with Gasteiger partial charge in [-0.1, -0.05) is 13.8 Å². The van der Waals surface area contributed by atoms with Crippen LogP contribution in [-0.2, 0) is 53.0 Å². The number of hydrogen-bond acceptors (Lipinski definition) is 11. The molecule has 7 atom stereocenters. The Morgan fingerprint density at radius 3 is 2.09 bits per heavy atom. The molecule has 0 radical (unpaired) electrons. The van der Waals surface area contributed by atoms with E-state index in [2.05, 4.69) is 18.6 Å². The second kappa shape index (κ2) is 11.6. The van der Waals surface area contributed by atoms with Crippen LogP contribution in [0.5, 0.6) is 0 Å². The van der Waals surface area contributed by atoms with Crippen molar-refractivity contribution in [2.75, 3.05) is 13.2 Å². The largest absolute Gasteiger partial charge is 0.458 e. The summed E-state index contributed by atoms with van der Waals surface area (Å²) in [4.78, 5) is 51.7. The number of halogens is 2. The van der Waals surface area contributed by atoms with Crippen molar-refractivity contribution in [2.24, 2.45) is 46.8 Å². The highest BCUT2D eigenvalue weighted by atomic mass is 32.2. The third-order valence-electron chi connectivity index (χ3n) is 12.1. The summed E-state index contributed by atoms with van der Waals surface area (Å²) in [7, 11) is -5.84. The lowest BCUT2D eigenvalue weighted by atomic mass is 9.44. The summed E-state index contributed by atoms with van der Waals surface area (Å²) in [5, 5.41) is -4.75. The molecule has 7 unspecified atom stereocenters. The smallest absolute Gasteiger partial charge is 0.405 e. The van der Waals surface area contributed by atoms with Crippen LogP contribution < -0.4 is 0 Å². The summed E-state index contributed by atoms with van der Waals surface area (Å²) in [6, 6.07) is 0. The van der Waals surface area contributed by atoms with Gasteiger partial charge in [0, 0.05) is 17.3 Å². The first kappa shape index (κ1) is 33.5. The van der Waals surface area contributed by atoms with Crippen LogP contribution in [0.3, 0.4) is 0 Å². The van der Waals surface area contributed by atoms with E-state index in [9.17, 15) is 36.4 Å². The summed E-state index contributed by atoms with van der Waals surface area (Å²) < 4.78 is 84.6. The molecule has 6 bridgehead atoms. The molecule has 258 valence electrons. The van der Waals surface area contributed by atoms with Crippen LogP contribution in [0, 0.1) is 46.8 Å². The molecule has 6 aliphatic carbocycles. The van der Waals surface area contributed by atoms with Crippen molar-refractivity contribution in [1.82, 2.24) is 0 Å². The van der Waals surface area contributed by atoms with Crippen LogP contribution in [-0.4, -0.2) is 79.2 Å². The van der Waals surface area contributed by atoms with Crippen LogP contribution in [0.2, 0.25) is 0 Å². The van der Waals surface area contributed by atoms with Crippen molar-refractivity contribution >= 4 is 34.0 Å². The lowest BCUT2D eigenvalue weighted by molar-refractivity contribution is -0.219. The van der Waals surface area contributed by atoms with E-state index in [0.717, 1.165) is 19.3 Å². The van der Waals surface area contributed by atoms with Crippen molar-refractivity contribution in [3.63, 3.8) is 0 Å². The Morgan fingerprint density at radius 2 is 1.54 bits per heavy atom. The minimum atomic E-state index is -5.84. The zero-order valence-electron chi connectivity index (χ0n) is 26.2. The van der Waals surface area contributed by atoms with Crippen LogP contribution in [0.15, 0.2) is 0 Å². The number of esters is 4. The maximum absolute atomic E-state index is 14.1. The highest BCUT2D eigenvalue weighted by molar-refractivity contribution is 7.86. The Balaban J connectivity index is 1.09. The first-order chi connectivity index (χ1) is 21.5. The summed E-state index contributed by atoms with van der Waals surface area (Å²) in [6.45, 7) is 2.91. The molecular weight excluding hydrogens is 634 g/mol. The van der Waals surface area contributed by atoms with E-state index < -0.39 is 94.1 Å². The molecule has 7 aliphatic rings. The highest BCUT2D eigenvalue weighted by Crippen LogP contribution is 2.66. The molecule has 0 aromatic carbocycles. The Morgan fingerprint density at radius 1 is 0.978 bits per heavy atom. The third kappa shape index (κ3) is 5.32. The molecule has 0 spiro atoms. The number of alkyl halides is 2. The molecule has 1 aliphatic heterocycles. The molecule has 1 N–H and O–H groups in total. The van der Waals surface area contributed by atoms with Crippen LogP contribution in [0.1, 0.15) is 78.6 Å². The number of rotatable bonds is 13. The number of ether oxygens (including phenoxy) is 5. The topological polar surface area (TPSA) is 169 Å². The molecule has 0 aromatic rings. The lowest BCUT2D eigenvalue weighted by Crippen LogP contribution is -2.60. The van der Waals surface area contributed by atoms with Gasteiger partial charge < -0.3 is 23.7 Å². The van der Waals surface area contributed by atoms with Gasteiger partial charge >= 0.3 is 39.2 Å². The van der Waals surface area contributed by atoms with E-state index in [1.165, 1.54) is 19.3 Å². The summed E-state index contributed by atoms with van der Waals surface area (Å²) >= 11 is 0. The zero-order valence-corrected chi connectivity index (χ0v) is 27.0. The molecule has 15 heteroatoms. The maximum Gasteiger partial charge on any atom is 0.405 e. The minimum absolute atomic E-state index is 0.0817. The van der Waals surface area contributed by atoms with Crippen LogP contribution in [0.4, 0.5) is 8.78 Å². The Kier molecular flexibility index (Phi) is 8.48. The summed E-state index contributed by atoms with van der Waals surface area (Å²) in [5.74, 6) is -3.68. The van der Waals surface area contributed by atoms with E-state index in [4.69, 9.17) is 23.5 Å². The van der Waals surface area contributed by atoms with E-state index in [1.807, 2.05) is 0 Å². The first-order valence-corrected chi connectivity index (χ1v) is 17.7. The monoisotopic (exact) mass is 676 g/mol. The molecule has 6 saturated carbocycles. The summed E-state index contributed by atoms with van der Waals surface area (Å²) in [6.07, 6.45) is 4.49. The number of carbonyl (C=O) groups is 4. The quantitative estimate of drug-likeness (QED) is 0.172. The maximum atomic E-state index is 14.1. The van der Waals surface area contributed by atoms with Gasteiger partial charge in [-0.3, -0.25) is 14.1 Å². The van der Waals surface area contributed by atoms with Gasteiger partial charge in [0.25, 0.3) is 0 Å². The van der Waals surface area contributed by atoms with Crippen LogP contribution in [0.25, 0.3) is 0 Å². The lowest BCUT2D eigenvalue weighted by Gasteiger charge is -2.63. The van der Waals surface area contributed by atoms with Gasteiger partial charge in [-0.2, -0.15) is 17.2 Å². The SMILES string of the molecule is CCC(CC)(OC(=O)C1C2CC3C(OC(=O)C31)C2OC(=O)COCC(=O)OC(C)C(F)(F)S(=O)(=O)O)C12CC3CC(CC(C3)C1)C2. The van der Waals surface area contributed by atoms with Gasteiger partial charge in [-0.15, -0.1) is 0 Å². The van der Waals surface area contributed by atoms with Gasteiger partial charge in [0.15, 0.2) is 6.10 Å². The van der Waals surface area contributed by atoms with Crippen molar-refractivity contribution in [1.29, 1.82) is 0 Å². The molecule has 7 fully saturated rings. The van der Waals surface area contributed by atoms with Crippen molar-refractivity contribution in [2.45, 2.75) is 108 Å². The molecule has 0 amide bonds. The molecule has 12 nitrogen and oxygen atoms in total. The fourth-order valence-electron chi connectivity index (χ4n) is 10.6. The fourth-order valence-corrected chi connectivity index (χ4v) is 11.0. The molecule has 46 heavy (non-hydrogen) atoms. The standard InChI is InChI=1S/C31H42F2O12S/c1-4-30(5-2,29-10-16-6-17(11-29)8-18(7-16)12-29)45-28(37)24-20-9-19-23(24)27(36)44-26(19)25(20)43-22(35)14-41-13-21(34)42-15(3)31(32,33)46(38,39)40/h15-20,23-26H,4-14H2,1-3H3,(H,38,39,40). The molecule has 1 heterocycles. The van der Waals surface area contributed by atoms with Crippen molar-refractivity contribution in [3.8, 4) is 0 Å². The minimum Gasteiger partial charge on any atom is -0.458 e. The second-order valence-corrected chi connectivity index (χ2v) is 15.9. The Labute approximate surface area is 266 Å². The van der Waals surface area contributed by atoms with Crippen molar-refractivity contribution in [3.05, 3.63) is 0 Å². The highest BCUT2D eigenvalue weighted by Gasteiger charge is 2.71. The van der Waals surface area contributed by atoms with Gasteiger partial charge in [0.05, 0.1) is 11.8 Å². The number of fused-ring (bicyclic) bond motifs is 1. The van der Waals surface area contributed by atoms with Gasteiger partial charge in [0.2, 0.25) is 0 Å². The second-order valence-electron chi connectivity index (χ2n) is 14.5. The van der Waals surface area contributed by atoms with E-state index in [0.29, 0.717) is 43.9 Å². The molecule has 7 rings (SSSR count). The van der Waals surface area contributed by atoms with Crippen LogP contribution >= 0.6 is 0 Å². The molecule has 0 aromatic heterocycles. The van der Waals surface area contributed by atoms with Gasteiger partial charge in [0.1, 0.15) is 31.0 Å². The number of hydrogen-bond donors (Lipinski definition) is 1. The van der Waals surface area contributed by atoms with Gasteiger partial charge in [-0.05, 0) is 82.5 Å². The fraction of sp³-hybridized carbons (Fsp3) is 0.871. The Bertz CT molecular complexity index is 1340. The average Bonchev–Trinajstić information content (AvgIpc) is 3.58. The summed E-state index contributed by atoms with van der Waals surface area (Å²) in [5.41, 5.74) is -0.733. The molecule has 1 saturated heterocycles. The number of carbonyl (C=O) groups excluding carboxylic acids is 4. The normalized spacial score (nSPS) is 38.0. The van der Waals surface area contributed by atoms with Gasteiger partial charge in [-0.25, -0.2) is 9.59 Å². The van der Waals surface area contributed by atoms with E-state index >= 15 is 0 Å². The zero-order chi connectivity index (χ0) is 33.4. The predicted molar refractivity (Wildman–Crippen MR) is 151 cm³/mol. The van der Waals surface area contributed by atoms with Crippen molar-refractivity contribution < 1.29 is 64.6 Å². The third-order valence-corrected chi connectivity index (χ3v) is 13.1. The van der Waals surface area contributed by atoms with E-state index in [1.54, 1.807) is 0 Å². The predicted octanol–water partition coefficient (Wildman–Crippen LogP) is 3.45. The average molecular weight is 677 g/mol. The Hall–Kier alpha value is -2.39.